The van der Waals surface area contributed by atoms with Gasteiger partial charge in [0.2, 0.25) is 10.0 Å². The van der Waals surface area contributed by atoms with Crippen molar-refractivity contribution in [2.75, 3.05) is 17.2 Å². The van der Waals surface area contributed by atoms with E-state index in [-0.39, 0.29) is 16.4 Å². The van der Waals surface area contributed by atoms with Gasteiger partial charge < -0.3 is 10.6 Å². The van der Waals surface area contributed by atoms with Crippen LogP contribution in [0.1, 0.15) is 39.8 Å². The van der Waals surface area contributed by atoms with E-state index in [1.54, 1.807) is 53.9 Å². The Kier molecular flexibility index (Phi) is 7.56. The largest absolute Gasteiger partial charge is 0.322 e. The smallest absolute Gasteiger partial charge is 0.265 e. The number of amides is 2. The summed E-state index contributed by atoms with van der Waals surface area (Å²) in [6.45, 7) is 2.33. The fourth-order valence-corrected chi connectivity index (χ4v) is 4.53. The number of sulfonamides is 1. The Hall–Kier alpha value is -3.01. The topological polar surface area (TPSA) is 104 Å². The minimum Gasteiger partial charge on any atom is -0.322 e. The van der Waals surface area contributed by atoms with Gasteiger partial charge in [0.15, 0.2) is 0 Å². The van der Waals surface area contributed by atoms with Gasteiger partial charge in [0.05, 0.1) is 21.0 Å². The zero-order valence-corrected chi connectivity index (χ0v) is 18.6. The van der Waals surface area contributed by atoms with Gasteiger partial charge in [-0.3, -0.25) is 9.59 Å². The van der Waals surface area contributed by atoms with Crippen molar-refractivity contribution in [2.24, 2.45) is 0 Å². The highest BCUT2D eigenvalue weighted by molar-refractivity contribution is 7.89. The first kappa shape index (κ1) is 22.7. The van der Waals surface area contributed by atoms with Crippen molar-refractivity contribution in [3.8, 4) is 0 Å². The average Bonchev–Trinajstić information content (AvgIpc) is 3.29. The summed E-state index contributed by atoms with van der Waals surface area (Å²) in [6, 6.07) is 16.2. The number of nitrogens with one attached hydrogen (secondary N) is 3. The number of anilines is 2. The van der Waals surface area contributed by atoms with Crippen LogP contribution in [0, 0.1) is 0 Å². The van der Waals surface area contributed by atoms with Gasteiger partial charge in [0, 0.05) is 12.2 Å². The molecule has 0 saturated heterocycles. The van der Waals surface area contributed by atoms with Crippen LogP contribution in [0.5, 0.6) is 0 Å². The number of carbonyl (C=O) groups excluding carboxylic acids is 2. The Morgan fingerprint density at radius 2 is 1.74 bits per heavy atom. The zero-order chi connectivity index (χ0) is 22.3. The van der Waals surface area contributed by atoms with Crippen LogP contribution in [0.25, 0.3) is 0 Å². The molecule has 2 aromatic carbocycles. The van der Waals surface area contributed by atoms with E-state index in [1.807, 2.05) is 6.92 Å². The van der Waals surface area contributed by atoms with E-state index >= 15 is 0 Å². The molecule has 31 heavy (non-hydrogen) atoms. The second-order valence-electron chi connectivity index (χ2n) is 6.71. The summed E-state index contributed by atoms with van der Waals surface area (Å²) in [5, 5.41) is 7.25. The molecule has 162 valence electrons. The number of hydrogen-bond donors (Lipinski definition) is 3. The standard InChI is InChI=1S/C22H23N3O4S2/c1-2-3-13-23-31(28,29)17-9-6-8-16(15-17)24-21(26)18-10-4-5-11-19(18)25-22(27)20-12-7-14-30-20/h4-12,14-15,23H,2-3,13H2,1H3,(H,24,26)(H,25,27). The molecule has 2 amide bonds. The summed E-state index contributed by atoms with van der Waals surface area (Å²) in [6.07, 6.45) is 1.62. The second kappa shape index (κ2) is 10.3. The van der Waals surface area contributed by atoms with Crippen LogP contribution in [-0.4, -0.2) is 26.8 Å². The molecule has 9 heteroatoms. The highest BCUT2D eigenvalue weighted by Gasteiger charge is 2.17. The first-order chi connectivity index (χ1) is 14.9. The molecule has 1 aromatic heterocycles. The summed E-state index contributed by atoms with van der Waals surface area (Å²) in [4.78, 5) is 25.8. The van der Waals surface area contributed by atoms with E-state index in [9.17, 15) is 18.0 Å². The van der Waals surface area contributed by atoms with E-state index in [0.29, 0.717) is 22.8 Å². The molecule has 0 fully saturated rings. The van der Waals surface area contributed by atoms with Crippen molar-refractivity contribution in [3.05, 3.63) is 76.5 Å². The molecular weight excluding hydrogens is 434 g/mol. The number of hydrogen-bond acceptors (Lipinski definition) is 5. The van der Waals surface area contributed by atoms with Crippen LogP contribution >= 0.6 is 11.3 Å². The summed E-state index contributed by atoms with van der Waals surface area (Å²) >= 11 is 1.30. The van der Waals surface area contributed by atoms with Crippen LogP contribution in [0.3, 0.4) is 0 Å². The van der Waals surface area contributed by atoms with Crippen LogP contribution in [0.2, 0.25) is 0 Å². The molecule has 1 heterocycles. The predicted molar refractivity (Wildman–Crippen MR) is 123 cm³/mol. The Morgan fingerprint density at radius 3 is 2.48 bits per heavy atom. The van der Waals surface area contributed by atoms with Crippen LogP contribution in [0.4, 0.5) is 11.4 Å². The highest BCUT2D eigenvalue weighted by Crippen LogP contribution is 2.21. The number of carbonyl (C=O) groups is 2. The maximum absolute atomic E-state index is 12.8. The average molecular weight is 458 g/mol. The maximum Gasteiger partial charge on any atom is 0.265 e. The maximum atomic E-state index is 12.8. The molecular formula is C22H23N3O4S2. The highest BCUT2D eigenvalue weighted by atomic mass is 32.2. The number of benzene rings is 2. The van der Waals surface area contributed by atoms with Crippen molar-refractivity contribution < 1.29 is 18.0 Å². The Morgan fingerprint density at radius 1 is 0.935 bits per heavy atom. The normalized spacial score (nSPS) is 11.1. The van der Waals surface area contributed by atoms with E-state index in [4.69, 9.17) is 0 Å². The molecule has 3 rings (SSSR count). The van der Waals surface area contributed by atoms with E-state index in [1.165, 1.54) is 23.5 Å². The third-order valence-corrected chi connectivity index (χ3v) is 6.72. The lowest BCUT2D eigenvalue weighted by molar-refractivity contribution is 0.102. The van der Waals surface area contributed by atoms with Gasteiger partial charge in [-0.2, -0.15) is 0 Å². The van der Waals surface area contributed by atoms with Gasteiger partial charge in [0.25, 0.3) is 11.8 Å². The van der Waals surface area contributed by atoms with Crippen LogP contribution in [0.15, 0.2) is 70.9 Å². The lowest BCUT2D eigenvalue weighted by Gasteiger charge is -2.12. The van der Waals surface area contributed by atoms with Crippen LogP contribution < -0.4 is 15.4 Å². The summed E-state index contributed by atoms with van der Waals surface area (Å²) in [5.41, 5.74) is 0.966. The Bertz CT molecular complexity index is 1160. The Balaban J connectivity index is 1.76. The summed E-state index contributed by atoms with van der Waals surface area (Å²) in [5.74, 6) is -0.767. The fraction of sp³-hybridized carbons (Fsp3) is 0.182. The molecule has 7 nitrogen and oxygen atoms in total. The van der Waals surface area contributed by atoms with E-state index in [0.717, 1.165) is 12.8 Å². The second-order valence-corrected chi connectivity index (χ2v) is 9.42. The molecule has 0 saturated carbocycles. The fourth-order valence-electron chi connectivity index (χ4n) is 2.79. The first-order valence-corrected chi connectivity index (χ1v) is 12.1. The molecule has 0 unspecified atom stereocenters. The van der Waals surface area contributed by atoms with Crippen molar-refractivity contribution in [2.45, 2.75) is 24.7 Å². The minimum absolute atomic E-state index is 0.0701. The van der Waals surface area contributed by atoms with Gasteiger partial charge in [-0.1, -0.05) is 37.6 Å². The first-order valence-electron chi connectivity index (χ1n) is 9.75. The molecule has 3 aromatic rings. The monoisotopic (exact) mass is 457 g/mol. The molecule has 3 N–H and O–H groups in total. The molecule has 0 radical (unpaired) electrons. The molecule has 0 aliphatic rings. The van der Waals surface area contributed by atoms with Crippen molar-refractivity contribution in [1.82, 2.24) is 4.72 Å². The summed E-state index contributed by atoms with van der Waals surface area (Å²) in [7, 11) is -3.66. The van der Waals surface area contributed by atoms with Gasteiger partial charge in [0.1, 0.15) is 0 Å². The van der Waals surface area contributed by atoms with Gasteiger partial charge in [-0.05, 0) is 48.2 Å². The lowest BCUT2D eigenvalue weighted by Crippen LogP contribution is -2.25. The zero-order valence-electron chi connectivity index (χ0n) is 16.9. The SMILES string of the molecule is CCCCNS(=O)(=O)c1cccc(NC(=O)c2ccccc2NC(=O)c2cccs2)c1. The predicted octanol–water partition coefficient (Wildman–Crippen LogP) is 4.33. The Labute approximate surface area is 185 Å². The van der Waals surface area contributed by atoms with Gasteiger partial charge in [-0.25, -0.2) is 13.1 Å². The van der Waals surface area contributed by atoms with Crippen LogP contribution in [-0.2, 0) is 10.0 Å². The lowest BCUT2D eigenvalue weighted by atomic mass is 10.1. The molecule has 0 aliphatic heterocycles. The quantitative estimate of drug-likeness (QED) is 0.416. The minimum atomic E-state index is -3.66. The molecule has 0 spiro atoms. The molecule has 0 aliphatic carbocycles. The van der Waals surface area contributed by atoms with E-state index in [2.05, 4.69) is 15.4 Å². The molecule has 0 bridgehead atoms. The van der Waals surface area contributed by atoms with Crippen molar-refractivity contribution >= 4 is 44.5 Å². The van der Waals surface area contributed by atoms with Crippen molar-refractivity contribution in [3.63, 3.8) is 0 Å². The third-order valence-electron chi connectivity index (χ3n) is 4.39. The van der Waals surface area contributed by atoms with Gasteiger partial charge in [-0.15, -0.1) is 11.3 Å². The van der Waals surface area contributed by atoms with E-state index < -0.39 is 15.9 Å². The third kappa shape index (κ3) is 6.00. The molecule has 0 atom stereocenters. The number of thiophene rings is 1. The summed E-state index contributed by atoms with van der Waals surface area (Å²) < 4.78 is 27.4. The number of rotatable bonds is 9. The van der Waals surface area contributed by atoms with Gasteiger partial charge >= 0.3 is 0 Å². The number of para-hydroxylation sites is 1. The van der Waals surface area contributed by atoms with Crippen molar-refractivity contribution in [1.29, 1.82) is 0 Å². The number of unbranched alkanes of at least 4 members (excludes halogenated alkanes) is 1.